The molecule has 0 saturated carbocycles. The Morgan fingerprint density at radius 1 is 1.30 bits per heavy atom. The van der Waals surface area contributed by atoms with Crippen LogP contribution in [0.25, 0.3) is 11.3 Å². The summed E-state index contributed by atoms with van der Waals surface area (Å²) < 4.78 is 0. The summed E-state index contributed by atoms with van der Waals surface area (Å²) in [5, 5.41) is 9.05. The Morgan fingerprint density at radius 2 is 2.00 bits per heavy atom. The predicted octanol–water partition coefficient (Wildman–Crippen LogP) is 4.09. The molecule has 0 atom stereocenters. The zero-order valence-corrected chi connectivity index (χ0v) is 12.2. The standard InChI is InChI=1S/C16H13ClN2O/c1-9-6-13(11(3)20)7-14(10(9)2)15-5-4-12(8-18)16(17)19-15/h4-7H,1-3H3. The van der Waals surface area contributed by atoms with Crippen LogP contribution < -0.4 is 0 Å². The molecule has 0 aliphatic rings. The van der Waals surface area contributed by atoms with Gasteiger partial charge >= 0.3 is 0 Å². The van der Waals surface area contributed by atoms with E-state index in [0.29, 0.717) is 16.8 Å². The van der Waals surface area contributed by atoms with Gasteiger partial charge in [0.25, 0.3) is 0 Å². The zero-order valence-electron chi connectivity index (χ0n) is 11.5. The number of hydrogen-bond donors (Lipinski definition) is 0. The third-order valence-corrected chi connectivity index (χ3v) is 3.61. The highest BCUT2D eigenvalue weighted by molar-refractivity contribution is 6.30. The molecule has 4 heteroatoms. The highest BCUT2D eigenvalue weighted by Crippen LogP contribution is 2.28. The van der Waals surface area contributed by atoms with Crippen LogP contribution in [0.1, 0.15) is 34.0 Å². The Morgan fingerprint density at radius 3 is 2.55 bits per heavy atom. The summed E-state index contributed by atoms with van der Waals surface area (Å²) in [5.41, 5.74) is 4.58. The fraction of sp³-hybridized carbons (Fsp3) is 0.188. The van der Waals surface area contributed by atoms with Crippen molar-refractivity contribution in [3.8, 4) is 17.3 Å². The summed E-state index contributed by atoms with van der Waals surface area (Å²) in [6.45, 7) is 5.46. The normalized spacial score (nSPS) is 10.2. The number of carbonyl (C=O) groups excluding carboxylic acids is 1. The van der Waals surface area contributed by atoms with E-state index in [1.54, 1.807) is 12.1 Å². The predicted molar refractivity (Wildman–Crippen MR) is 78.9 cm³/mol. The molecule has 20 heavy (non-hydrogen) atoms. The van der Waals surface area contributed by atoms with Crippen LogP contribution in [0.15, 0.2) is 24.3 Å². The molecule has 1 aromatic carbocycles. The van der Waals surface area contributed by atoms with Gasteiger partial charge in [0, 0.05) is 11.1 Å². The average molecular weight is 285 g/mol. The van der Waals surface area contributed by atoms with Gasteiger partial charge in [0.05, 0.1) is 11.3 Å². The molecule has 1 heterocycles. The molecule has 0 aliphatic heterocycles. The van der Waals surface area contributed by atoms with Gasteiger partial charge in [-0.05, 0) is 56.2 Å². The van der Waals surface area contributed by atoms with Crippen LogP contribution in [0.2, 0.25) is 5.15 Å². The first-order valence-electron chi connectivity index (χ1n) is 6.13. The topological polar surface area (TPSA) is 53.8 Å². The maximum atomic E-state index is 11.6. The zero-order chi connectivity index (χ0) is 14.9. The van der Waals surface area contributed by atoms with E-state index in [2.05, 4.69) is 4.98 Å². The highest BCUT2D eigenvalue weighted by atomic mass is 35.5. The second-order valence-corrected chi connectivity index (χ2v) is 5.03. The molecule has 0 radical (unpaired) electrons. The third-order valence-electron chi connectivity index (χ3n) is 3.32. The Hall–Kier alpha value is -2.18. The van der Waals surface area contributed by atoms with Gasteiger partial charge in [-0.3, -0.25) is 4.79 Å². The molecule has 0 saturated heterocycles. The minimum atomic E-state index is 0.00842. The Labute approximate surface area is 122 Å². The van der Waals surface area contributed by atoms with E-state index >= 15 is 0 Å². The fourth-order valence-corrected chi connectivity index (χ4v) is 2.19. The Kier molecular flexibility index (Phi) is 3.87. The lowest BCUT2D eigenvalue weighted by atomic mass is 9.95. The summed E-state index contributed by atoms with van der Waals surface area (Å²) in [6, 6.07) is 9.05. The highest BCUT2D eigenvalue weighted by Gasteiger charge is 2.12. The van der Waals surface area contributed by atoms with Crippen molar-refractivity contribution in [3.05, 3.63) is 51.7 Å². The summed E-state index contributed by atoms with van der Waals surface area (Å²) in [4.78, 5) is 15.8. The molecule has 1 aromatic heterocycles. The van der Waals surface area contributed by atoms with Crippen molar-refractivity contribution in [2.75, 3.05) is 0 Å². The van der Waals surface area contributed by atoms with Crippen molar-refractivity contribution < 1.29 is 4.79 Å². The molecule has 2 aromatic rings. The first-order valence-corrected chi connectivity index (χ1v) is 6.51. The Bertz CT molecular complexity index is 745. The summed E-state index contributed by atoms with van der Waals surface area (Å²) in [5.74, 6) is 0.00842. The summed E-state index contributed by atoms with van der Waals surface area (Å²) in [6.07, 6.45) is 0. The fourth-order valence-electron chi connectivity index (χ4n) is 2.00. The lowest BCUT2D eigenvalue weighted by molar-refractivity contribution is 0.101. The number of aromatic nitrogens is 1. The number of pyridine rings is 1. The maximum absolute atomic E-state index is 11.6. The van der Waals surface area contributed by atoms with E-state index in [-0.39, 0.29) is 10.9 Å². The average Bonchev–Trinajstić information content (AvgIpc) is 2.41. The van der Waals surface area contributed by atoms with E-state index in [4.69, 9.17) is 16.9 Å². The molecule has 0 bridgehead atoms. The van der Waals surface area contributed by atoms with E-state index in [1.165, 1.54) is 6.92 Å². The largest absolute Gasteiger partial charge is 0.295 e. The van der Waals surface area contributed by atoms with Crippen molar-refractivity contribution in [2.24, 2.45) is 0 Å². The van der Waals surface area contributed by atoms with E-state index < -0.39 is 0 Å². The lowest BCUT2D eigenvalue weighted by Crippen LogP contribution is -1.98. The second kappa shape index (κ2) is 5.44. The first kappa shape index (κ1) is 14.2. The molecule has 3 nitrogen and oxygen atoms in total. The number of hydrogen-bond acceptors (Lipinski definition) is 3. The van der Waals surface area contributed by atoms with E-state index in [0.717, 1.165) is 16.7 Å². The lowest BCUT2D eigenvalue weighted by Gasteiger charge is -2.11. The number of benzene rings is 1. The van der Waals surface area contributed by atoms with Crippen LogP contribution in [-0.4, -0.2) is 10.8 Å². The molecule has 0 amide bonds. The van der Waals surface area contributed by atoms with Crippen LogP contribution in [0.5, 0.6) is 0 Å². The van der Waals surface area contributed by atoms with Gasteiger partial charge in [0.15, 0.2) is 5.78 Å². The SMILES string of the molecule is CC(=O)c1cc(C)c(C)c(-c2ccc(C#N)c(Cl)n2)c1. The van der Waals surface area contributed by atoms with Gasteiger partial charge in [-0.2, -0.15) is 5.26 Å². The first-order chi connectivity index (χ1) is 9.43. The minimum absolute atomic E-state index is 0.00842. The van der Waals surface area contributed by atoms with Crippen molar-refractivity contribution >= 4 is 17.4 Å². The molecular weight excluding hydrogens is 272 g/mol. The van der Waals surface area contributed by atoms with Crippen LogP contribution in [0, 0.1) is 25.2 Å². The van der Waals surface area contributed by atoms with E-state index in [1.807, 2.05) is 32.0 Å². The van der Waals surface area contributed by atoms with Gasteiger partial charge in [0.2, 0.25) is 0 Å². The summed E-state index contributed by atoms with van der Waals surface area (Å²) in [7, 11) is 0. The number of halogens is 1. The number of carbonyl (C=O) groups is 1. The number of nitriles is 1. The smallest absolute Gasteiger partial charge is 0.159 e. The molecule has 2 rings (SSSR count). The van der Waals surface area contributed by atoms with Gasteiger partial charge in [0.1, 0.15) is 11.2 Å². The molecule has 0 fully saturated rings. The molecular formula is C16H13ClN2O. The van der Waals surface area contributed by atoms with Gasteiger partial charge < -0.3 is 0 Å². The number of Topliss-reactive ketones (excluding diaryl/α,β-unsaturated/α-hetero) is 1. The summed E-state index contributed by atoms with van der Waals surface area (Å²) >= 11 is 5.97. The van der Waals surface area contributed by atoms with Crippen molar-refractivity contribution in [3.63, 3.8) is 0 Å². The van der Waals surface area contributed by atoms with Crippen molar-refractivity contribution in [1.29, 1.82) is 5.26 Å². The molecule has 0 spiro atoms. The second-order valence-electron chi connectivity index (χ2n) is 4.67. The number of aryl methyl sites for hydroxylation is 1. The van der Waals surface area contributed by atoms with Crippen molar-refractivity contribution in [1.82, 2.24) is 4.98 Å². The number of rotatable bonds is 2. The number of ketones is 1. The Balaban J connectivity index is 2.66. The molecule has 0 unspecified atom stereocenters. The van der Waals surface area contributed by atoms with Gasteiger partial charge in [-0.25, -0.2) is 4.98 Å². The third kappa shape index (κ3) is 2.56. The van der Waals surface area contributed by atoms with Crippen LogP contribution in [0.4, 0.5) is 0 Å². The maximum Gasteiger partial charge on any atom is 0.159 e. The molecule has 0 aliphatic carbocycles. The molecule has 100 valence electrons. The van der Waals surface area contributed by atoms with Gasteiger partial charge in [-0.1, -0.05) is 11.6 Å². The van der Waals surface area contributed by atoms with Crippen LogP contribution in [0.3, 0.4) is 0 Å². The van der Waals surface area contributed by atoms with E-state index in [9.17, 15) is 4.79 Å². The molecule has 0 N–H and O–H groups in total. The quantitative estimate of drug-likeness (QED) is 0.616. The van der Waals surface area contributed by atoms with Crippen LogP contribution >= 0.6 is 11.6 Å². The minimum Gasteiger partial charge on any atom is -0.295 e. The monoisotopic (exact) mass is 284 g/mol. The van der Waals surface area contributed by atoms with Gasteiger partial charge in [-0.15, -0.1) is 0 Å². The van der Waals surface area contributed by atoms with Crippen molar-refractivity contribution in [2.45, 2.75) is 20.8 Å². The van der Waals surface area contributed by atoms with Crippen LogP contribution in [-0.2, 0) is 0 Å². The number of nitrogens with zero attached hydrogens (tertiary/aromatic N) is 2.